The van der Waals surface area contributed by atoms with Crippen molar-refractivity contribution in [1.82, 2.24) is 4.90 Å². The molecule has 0 saturated heterocycles. The van der Waals surface area contributed by atoms with E-state index in [1.807, 2.05) is 29.2 Å². The summed E-state index contributed by atoms with van der Waals surface area (Å²) in [5.41, 5.74) is 2.19. The summed E-state index contributed by atoms with van der Waals surface area (Å²) in [7, 11) is 0. The smallest absolute Gasteiger partial charge is 0.0916 e. The molecule has 1 aromatic carbocycles. The van der Waals surface area contributed by atoms with Gasteiger partial charge in [-0.2, -0.15) is 0 Å². The molecule has 0 amide bonds. The molecule has 1 rings (SSSR count). The Bertz CT molecular complexity index is 378. The fourth-order valence-corrected chi connectivity index (χ4v) is 2.13. The van der Waals surface area contributed by atoms with E-state index in [1.54, 1.807) is 0 Å². The molecule has 1 atom stereocenters. The highest BCUT2D eigenvalue weighted by Crippen LogP contribution is 2.24. The zero-order chi connectivity index (χ0) is 15.2. The molecular weight excluding hydrogens is 254 g/mol. The largest absolute Gasteiger partial charge is 0.395 e. The van der Waals surface area contributed by atoms with E-state index < -0.39 is 6.10 Å². The lowest BCUT2D eigenvalue weighted by atomic mass is 9.86. The molecule has 0 aliphatic carbocycles. The summed E-state index contributed by atoms with van der Waals surface area (Å²) < 4.78 is 0. The summed E-state index contributed by atoms with van der Waals surface area (Å²) in [6.45, 7) is 7.84. The van der Waals surface area contributed by atoms with Crippen LogP contribution in [-0.4, -0.2) is 53.1 Å². The zero-order valence-electron chi connectivity index (χ0n) is 12.7. The van der Waals surface area contributed by atoms with Gasteiger partial charge in [0.2, 0.25) is 0 Å². The number of hydrogen-bond acceptors (Lipinski definition) is 4. The van der Waals surface area contributed by atoms with Crippen LogP contribution in [0.2, 0.25) is 0 Å². The van der Waals surface area contributed by atoms with E-state index in [-0.39, 0.29) is 18.6 Å². The third kappa shape index (κ3) is 5.21. The van der Waals surface area contributed by atoms with Gasteiger partial charge in [-0.05, 0) is 16.5 Å². The Labute approximate surface area is 121 Å². The first-order valence-electron chi connectivity index (χ1n) is 7.11. The maximum Gasteiger partial charge on any atom is 0.0916 e. The summed E-state index contributed by atoms with van der Waals surface area (Å²) in [6.07, 6.45) is -0.609. The fraction of sp³-hybridized carbons (Fsp3) is 0.625. The van der Waals surface area contributed by atoms with E-state index in [4.69, 9.17) is 10.2 Å². The van der Waals surface area contributed by atoms with Crippen molar-refractivity contribution < 1.29 is 15.3 Å². The Kier molecular flexibility index (Phi) is 6.62. The highest BCUT2D eigenvalue weighted by Gasteiger charge is 2.16. The molecular formula is C16H27NO3. The van der Waals surface area contributed by atoms with Crippen molar-refractivity contribution in [1.29, 1.82) is 0 Å². The highest BCUT2D eigenvalue weighted by atomic mass is 16.3. The normalized spacial score (nSPS) is 13.8. The van der Waals surface area contributed by atoms with Crippen molar-refractivity contribution in [3.63, 3.8) is 0 Å². The van der Waals surface area contributed by atoms with Crippen LogP contribution in [0.15, 0.2) is 24.3 Å². The van der Waals surface area contributed by atoms with Crippen LogP contribution in [0.3, 0.4) is 0 Å². The molecule has 0 aliphatic heterocycles. The van der Waals surface area contributed by atoms with Gasteiger partial charge in [0.15, 0.2) is 0 Å². The van der Waals surface area contributed by atoms with Crippen LogP contribution < -0.4 is 0 Å². The molecule has 4 nitrogen and oxygen atoms in total. The van der Waals surface area contributed by atoms with Crippen molar-refractivity contribution in [2.75, 3.05) is 32.8 Å². The van der Waals surface area contributed by atoms with Crippen LogP contribution in [0, 0.1) is 0 Å². The van der Waals surface area contributed by atoms with Gasteiger partial charge < -0.3 is 15.3 Å². The molecule has 0 aromatic heterocycles. The van der Waals surface area contributed by atoms with Crippen LogP contribution in [0.4, 0.5) is 0 Å². The zero-order valence-corrected chi connectivity index (χ0v) is 12.7. The van der Waals surface area contributed by atoms with Crippen LogP contribution in [0.5, 0.6) is 0 Å². The van der Waals surface area contributed by atoms with E-state index in [0.29, 0.717) is 19.6 Å². The summed E-state index contributed by atoms with van der Waals surface area (Å²) in [5, 5.41) is 28.2. The quantitative estimate of drug-likeness (QED) is 0.705. The van der Waals surface area contributed by atoms with Crippen molar-refractivity contribution in [2.24, 2.45) is 0 Å². The van der Waals surface area contributed by atoms with E-state index in [1.165, 1.54) is 5.56 Å². The monoisotopic (exact) mass is 281 g/mol. The van der Waals surface area contributed by atoms with E-state index in [9.17, 15) is 5.11 Å². The summed E-state index contributed by atoms with van der Waals surface area (Å²) in [6, 6.07) is 7.98. The van der Waals surface area contributed by atoms with E-state index in [2.05, 4.69) is 20.8 Å². The molecule has 3 N–H and O–H groups in total. The molecule has 0 radical (unpaired) electrons. The Morgan fingerprint density at radius 2 is 1.50 bits per heavy atom. The third-order valence-corrected chi connectivity index (χ3v) is 3.43. The second kappa shape index (κ2) is 7.74. The van der Waals surface area contributed by atoms with Crippen LogP contribution in [0.25, 0.3) is 0 Å². The number of nitrogens with zero attached hydrogens (tertiary/aromatic N) is 1. The molecule has 0 heterocycles. The average Bonchev–Trinajstić information content (AvgIpc) is 2.38. The van der Waals surface area contributed by atoms with E-state index >= 15 is 0 Å². The van der Waals surface area contributed by atoms with Gasteiger partial charge in [-0.1, -0.05) is 45.0 Å². The van der Waals surface area contributed by atoms with Crippen molar-refractivity contribution in [3.05, 3.63) is 35.4 Å². The lowest BCUT2D eigenvalue weighted by Crippen LogP contribution is -2.33. The molecule has 20 heavy (non-hydrogen) atoms. The van der Waals surface area contributed by atoms with Crippen LogP contribution >= 0.6 is 0 Å². The maximum absolute atomic E-state index is 10.2. The minimum atomic E-state index is -0.609. The number of aliphatic hydroxyl groups is 3. The fourth-order valence-electron chi connectivity index (χ4n) is 2.13. The standard InChI is InChI=1S/C16H27NO3/c1-16(2,3)14-6-4-13(5-7-14)15(20)12-17(8-10-18)9-11-19/h4-7,15,18-20H,8-12H2,1-3H3. The lowest BCUT2D eigenvalue weighted by molar-refractivity contribution is 0.0874. The predicted molar refractivity (Wildman–Crippen MR) is 80.7 cm³/mol. The van der Waals surface area contributed by atoms with Crippen LogP contribution in [0.1, 0.15) is 38.0 Å². The van der Waals surface area contributed by atoms with Crippen LogP contribution in [-0.2, 0) is 5.41 Å². The number of benzene rings is 1. The average molecular weight is 281 g/mol. The SMILES string of the molecule is CC(C)(C)c1ccc(C(O)CN(CCO)CCO)cc1. The molecule has 114 valence electrons. The Balaban J connectivity index is 2.69. The van der Waals surface area contributed by atoms with Gasteiger partial charge in [0, 0.05) is 19.6 Å². The second-order valence-electron chi connectivity index (χ2n) is 6.14. The number of hydrogen-bond donors (Lipinski definition) is 3. The van der Waals surface area contributed by atoms with Gasteiger partial charge in [0.05, 0.1) is 19.3 Å². The van der Waals surface area contributed by atoms with Gasteiger partial charge in [-0.25, -0.2) is 0 Å². The first-order valence-corrected chi connectivity index (χ1v) is 7.11. The summed E-state index contributed by atoms with van der Waals surface area (Å²) in [4.78, 5) is 1.85. The maximum atomic E-state index is 10.2. The molecule has 1 unspecified atom stereocenters. The van der Waals surface area contributed by atoms with Crippen molar-refractivity contribution in [2.45, 2.75) is 32.3 Å². The molecule has 1 aromatic rings. The summed E-state index contributed by atoms with van der Waals surface area (Å²) >= 11 is 0. The molecule has 0 bridgehead atoms. The number of aliphatic hydroxyl groups excluding tert-OH is 3. The molecule has 0 aliphatic rings. The first kappa shape index (κ1) is 17.1. The minimum Gasteiger partial charge on any atom is -0.395 e. The second-order valence-corrected chi connectivity index (χ2v) is 6.14. The van der Waals surface area contributed by atoms with Gasteiger partial charge in [-0.15, -0.1) is 0 Å². The molecule has 0 fully saturated rings. The van der Waals surface area contributed by atoms with Gasteiger partial charge >= 0.3 is 0 Å². The molecule has 4 heteroatoms. The van der Waals surface area contributed by atoms with Crippen molar-refractivity contribution in [3.8, 4) is 0 Å². The Morgan fingerprint density at radius 1 is 1.00 bits per heavy atom. The Morgan fingerprint density at radius 3 is 1.90 bits per heavy atom. The number of rotatable bonds is 7. The van der Waals surface area contributed by atoms with Gasteiger partial charge in [0.25, 0.3) is 0 Å². The van der Waals surface area contributed by atoms with E-state index in [0.717, 1.165) is 5.56 Å². The molecule has 0 saturated carbocycles. The van der Waals surface area contributed by atoms with Crippen molar-refractivity contribution >= 4 is 0 Å². The van der Waals surface area contributed by atoms with Gasteiger partial charge in [-0.3, -0.25) is 4.90 Å². The first-order chi connectivity index (χ1) is 9.38. The highest BCUT2D eigenvalue weighted by molar-refractivity contribution is 5.28. The van der Waals surface area contributed by atoms with Gasteiger partial charge in [0.1, 0.15) is 0 Å². The predicted octanol–water partition coefficient (Wildman–Crippen LogP) is 1.30. The summed E-state index contributed by atoms with van der Waals surface area (Å²) in [5.74, 6) is 0. The minimum absolute atomic E-state index is 0.0235. The third-order valence-electron chi connectivity index (χ3n) is 3.43. The molecule has 0 spiro atoms. The topological polar surface area (TPSA) is 63.9 Å². The lowest BCUT2D eigenvalue weighted by Gasteiger charge is -2.24. The Hall–Kier alpha value is -0.940.